The molecule has 168 valence electrons. The van der Waals surface area contributed by atoms with E-state index >= 15 is 0 Å². The smallest absolute Gasteiger partial charge is 0.378 e. The van der Waals surface area contributed by atoms with Crippen LogP contribution in [0.15, 0.2) is 66.9 Å². The first kappa shape index (κ1) is 21.1. The van der Waals surface area contributed by atoms with Gasteiger partial charge in [0.2, 0.25) is 0 Å². The van der Waals surface area contributed by atoms with Crippen LogP contribution < -0.4 is 0 Å². The van der Waals surface area contributed by atoms with E-state index in [1.165, 1.54) is 6.07 Å². The zero-order valence-electron chi connectivity index (χ0n) is 17.4. The number of hydrogen-bond acceptors (Lipinski definition) is 4. The second-order valence-electron chi connectivity index (χ2n) is 7.73. The summed E-state index contributed by atoms with van der Waals surface area (Å²) in [7, 11) is 0. The maximum atomic E-state index is 13.1. The third-order valence-electron chi connectivity index (χ3n) is 5.61. The van der Waals surface area contributed by atoms with Gasteiger partial charge in [0.05, 0.1) is 18.8 Å². The molecule has 2 aromatic heterocycles. The molecule has 0 bridgehead atoms. The molecule has 1 amide bonds. The van der Waals surface area contributed by atoms with Crippen LogP contribution in [0.3, 0.4) is 0 Å². The summed E-state index contributed by atoms with van der Waals surface area (Å²) in [5.74, 6) is 0.281. The Morgan fingerprint density at radius 3 is 2.33 bits per heavy atom. The van der Waals surface area contributed by atoms with Crippen molar-refractivity contribution in [3.63, 3.8) is 0 Å². The molecular formula is C24H19F3N4O2. The molecule has 1 fully saturated rings. The molecule has 1 saturated heterocycles. The van der Waals surface area contributed by atoms with Gasteiger partial charge in [-0.3, -0.25) is 9.20 Å². The van der Waals surface area contributed by atoms with Crippen molar-refractivity contribution in [3.05, 3.63) is 78.0 Å². The molecule has 3 heterocycles. The number of halogens is 3. The minimum Gasteiger partial charge on any atom is -0.378 e. The summed E-state index contributed by atoms with van der Waals surface area (Å²) in [5, 5.41) is 8.18. The normalized spacial score (nSPS) is 14.6. The van der Waals surface area contributed by atoms with E-state index in [4.69, 9.17) is 4.74 Å². The Labute approximate surface area is 187 Å². The number of fused-ring (bicyclic) bond motifs is 1. The molecule has 33 heavy (non-hydrogen) atoms. The Kier molecular flexibility index (Phi) is 5.33. The van der Waals surface area contributed by atoms with Crippen molar-refractivity contribution in [3.8, 4) is 22.5 Å². The van der Waals surface area contributed by atoms with Gasteiger partial charge in [-0.15, -0.1) is 10.2 Å². The number of pyridine rings is 1. The molecule has 1 aliphatic rings. The van der Waals surface area contributed by atoms with Crippen LogP contribution in [0, 0.1) is 0 Å². The highest BCUT2D eigenvalue weighted by Gasteiger charge is 2.30. The third kappa shape index (κ3) is 4.19. The average molecular weight is 452 g/mol. The van der Waals surface area contributed by atoms with Gasteiger partial charge in [-0.2, -0.15) is 13.2 Å². The van der Waals surface area contributed by atoms with Gasteiger partial charge in [0.1, 0.15) is 0 Å². The van der Waals surface area contributed by atoms with E-state index in [1.807, 2.05) is 18.2 Å². The Hall–Kier alpha value is -3.72. The molecule has 0 spiro atoms. The Morgan fingerprint density at radius 2 is 1.61 bits per heavy atom. The summed E-state index contributed by atoms with van der Waals surface area (Å²) >= 11 is 0. The molecule has 0 N–H and O–H groups in total. The molecule has 0 atom stereocenters. The molecule has 0 unspecified atom stereocenters. The molecule has 4 aromatic rings. The van der Waals surface area contributed by atoms with Gasteiger partial charge in [0, 0.05) is 30.4 Å². The van der Waals surface area contributed by atoms with Crippen molar-refractivity contribution in [1.82, 2.24) is 19.5 Å². The topological polar surface area (TPSA) is 59.7 Å². The van der Waals surface area contributed by atoms with Gasteiger partial charge in [0.15, 0.2) is 11.5 Å². The van der Waals surface area contributed by atoms with Crippen molar-refractivity contribution < 1.29 is 22.7 Å². The monoisotopic (exact) mass is 452 g/mol. The van der Waals surface area contributed by atoms with E-state index in [2.05, 4.69) is 10.2 Å². The maximum absolute atomic E-state index is 13.1. The zero-order valence-corrected chi connectivity index (χ0v) is 17.4. The fraction of sp³-hybridized carbons (Fsp3) is 0.208. The van der Waals surface area contributed by atoms with Crippen LogP contribution in [0.5, 0.6) is 0 Å². The van der Waals surface area contributed by atoms with Crippen molar-refractivity contribution in [2.24, 2.45) is 0 Å². The van der Waals surface area contributed by atoms with E-state index in [-0.39, 0.29) is 5.91 Å². The fourth-order valence-electron chi connectivity index (χ4n) is 3.85. The summed E-state index contributed by atoms with van der Waals surface area (Å²) in [4.78, 5) is 14.4. The number of ether oxygens (including phenoxy) is 1. The number of alkyl halides is 3. The van der Waals surface area contributed by atoms with Crippen LogP contribution in [0.1, 0.15) is 15.9 Å². The molecule has 5 rings (SSSR count). The van der Waals surface area contributed by atoms with E-state index in [1.54, 1.807) is 39.8 Å². The first-order valence-corrected chi connectivity index (χ1v) is 10.4. The molecule has 6 nitrogen and oxygen atoms in total. The van der Waals surface area contributed by atoms with Crippen LogP contribution in [0.4, 0.5) is 13.2 Å². The maximum Gasteiger partial charge on any atom is 0.416 e. The van der Waals surface area contributed by atoms with E-state index < -0.39 is 11.7 Å². The van der Waals surface area contributed by atoms with Crippen molar-refractivity contribution in [2.75, 3.05) is 26.3 Å². The quantitative estimate of drug-likeness (QED) is 0.458. The number of rotatable bonds is 3. The predicted octanol–water partition coefficient (Wildman–Crippen LogP) is 4.55. The van der Waals surface area contributed by atoms with Gasteiger partial charge in [0.25, 0.3) is 5.91 Å². The van der Waals surface area contributed by atoms with Crippen LogP contribution in [0.2, 0.25) is 0 Å². The second-order valence-corrected chi connectivity index (χ2v) is 7.73. The number of morpholine rings is 1. The lowest BCUT2D eigenvalue weighted by molar-refractivity contribution is -0.137. The standard InChI is InChI=1S/C24H19F3N4O2/c25-24(26,27)20-3-1-2-18(14-20)22-29-28-21-9-8-19(15-31(21)22)16-4-6-17(7-5-16)23(32)30-10-12-33-13-11-30/h1-9,14-15H,10-13H2. The molecule has 2 aromatic carbocycles. The Morgan fingerprint density at radius 1 is 0.879 bits per heavy atom. The SMILES string of the molecule is O=C(c1ccc(-c2ccc3nnc(-c4cccc(C(F)(F)F)c4)n3c2)cc1)N1CCOCC1. The minimum absolute atomic E-state index is 0.0362. The zero-order chi connectivity index (χ0) is 23.0. The third-order valence-corrected chi connectivity index (χ3v) is 5.61. The van der Waals surface area contributed by atoms with Crippen LogP contribution >= 0.6 is 0 Å². The highest BCUT2D eigenvalue weighted by molar-refractivity contribution is 5.94. The van der Waals surface area contributed by atoms with E-state index in [0.29, 0.717) is 48.9 Å². The van der Waals surface area contributed by atoms with Gasteiger partial charge in [-0.05, 0) is 47.5 Å². The molecule has 0 aliphatic carbocycles. The number of nitrogens with zero attached hydrogens (tertiary/aromatic N) is 4. The number of amides is 1. The summed E-state index contributed by atoms with van der Waals surface area (Å²) in [5.41, 5.74) is 2.37. The number of hydrogen-bond donors (Lipinski definition) is 0. The first-order valence-electron chi connectivity index (χ1n) is 10.4. The molecule has 0 radical (unpaired) electrons. The average Bonchev–Trinajstić information content (AvgIpc) is 3.27. The van der Waals surface area contributed by atoms with E-state index in [0.717, 1.165) is 23.3 Å². The lowest BCUT2D eigenvalue weighted by Gasteiger charge is -2.26. The molecular weight excluding hydrogens is 433 g/mol. The second kappa shape index (κ2) is 8.32. The highest BCUT2D eigenvalue weighted by Crippen LogP contribution is 2.32. The number of carbonyl (C=O) groups excluding carboxylic acids is 1. The van der Waals surface area contributed by atoms with Gasteiger partial charge in [-0.25, -0.2) is 0 Å². The summed E-state index contributed by atoms with van der Waals surface area (Å²) < 4.78 is 46.4. The number of carbonyl (C=O) groups is 1. The van der Waals surface area contributed by atoms with Gasteiger partial charge < -0.3 is 9.64 Å². The lowest BCUT2D eigenvalue weighted by Crippen LogP contribution is -2.40. The van der Waals surface area contributed by atoms with Crippen LogP contribution in [-0.4, -0.2) is 51.7 Å². The highest BCUT2D eigenvalue weighted by atomic mass is 19.4. The molecule has 1 aliphatic heterocycles. The van der Waals surface area contributed by atoms with Crippen molar-refractivity contribution in [2.45, 2.75) is 6.18 Å². The van der Waals surface area contributed by atoms with Crippen LogP contribution in [0.25, 0.3) is 28.2 Å². The largest absolute Gasteiger partial charge is 0.416 e. The molecule has 9 heteroatoms. The first-order chi connectivity index (χ1) is 15.9. The lowest BCUT2D eigenvalue weighted by atomic mass is 10.0. The fourth-order valence-corrected chi connectivity index (χ4v) is 3.85. The number of aromatic nitrogens is 3. The van der Waals surface area contributed by atoms with Gasteiger partial charge >= 0.3 is 6.18 Å². The van der Waals surface area contributed by atoms with Crippen LogP contribution in [-0.2, 0) is 10.9 Å². The van der Waals surface area contributed by atoms with E-state index in [9.17, 15) is 18.0 Å². The minimum atomic E-state index is -4.44. The van der Waals surface area contributed by atoms with Crippen molar-refractivity contribution in [1.29, 1.82) is 0 Å². The summed E-state index contributed by atoms with van der Waals surface area (Å²) in [6.45, 7) is 2.22. The number of benzene rings is 2. The Balaban J connectivity index is 1.46. The Bertz CT molecular complexity index is 1310. The summed E-state index contributed by atoms with van der Waals surface area (Å²) in [6.07, 6.45) is -2.66. The van der Waals surface area contributed by atoms with Gasteiger partial charge in [-0.1, -0.05) is 24.3 Å². The summed E-state index contributed by atoms with van der Waals surface area (Å²) in [6, 6.07) is 15.9. The van der Waals surface area contributed by atoms with Crippen molar-refractivity contribution >= 4 is 11.6 Å². The predicted molar refractivity (Wildman–Crippen MR) is 116 cm³/mol. The molecule has 0 saturated carbocycles.